The summed E-state index contributed by atoms with van der Waals surface area (Å²) in [6.45, 7) is 1.84. The van der Waals surface area contributed by atoms with Gasteiger partial charge in [-0.25, -0.2) is 13.1 Å². The molecule has 1 rings (SSSR count). The van der Waals surface area contributed by atoms with Crippen molar-refractivity contribution in [3.05, 3.63) is 29.8 Å². The molecule has 1 aromatic carbocycles. The van der Waals surface area contributed by atoms with Gasteiger partial charge in [0, 0.05) is 20.0 Å². The molecule has 0 aliphatic carbocycles. The lowest BCUT2D eigenvalue weighted by molar-refractivity contribution is -0.120. The molecule has 1 atom stereocenters. The highest BCUT2D eigenvalue weighted by molar-refractivity contribution is 7.89. The Morgan fingerprint density at radius 3 is 2.70 bits per heavy atom. The van der Waals surface area contributed by atoms with Crippen molar-refractivity contribution in [1.29, 1.82) is 0 Å². The minimum atomic E-state index is -3.67. The van der Waals surface area contributed by atoms with Gasteiger partial charge in [-0.2, -0.15) is 0 Å². The van der Waals surface area contributed by atoms with E-state index in [1.807, 2.05) is 6.92 Å². The average molecular weight is 300 g/mol. The number of benzene rings is 1. The van der Waals surface area contributed by atoms with Gasteiger partial charge in [0.15, 0.2) is 0 Å². The summed E-state index contributed by atoms with van der Waals surface area (Å²) in [4.78, 5) is 11.1. The third kappa shape index (κ3) is 4.59. The normalized spacial score (nSPS) is 12.9. The van der Waals surface area contributed by atoms with Crippen molar-refractivity contribution in [3.63, 3.8) is 0 Å². The molecular weight excluding hydrogens is 280 g/mol. The molecule has 20 heavy (non-hydrogen) atoms. The van der Waals surface area contributed by atoms with Crippen LogP contribution in [0.3, 0.4) is 0 Å². The van der Waals surface area contributed by atoms with E-state index in [0.717, 1.165) is 0 Å². The Morgan fingerprint density at radius 1 is 1.40 bits per heavy atom. The number of carbonyl (C=O) groups excluding carboxylic acids is 1. The zero-order chi connectivity index (χ0) is 15.2. The first-order valence-corrected chi connectivity index (χ1v) is 7.87. The van der Waals surface area contributed by atoms with Crippen LogP contribution in [0.5, 0.6) is 0 Å². The molecule has 1 unspecified atom stereocenters. The van der Waals surface area contributed by atoms with E-state index < -0.39 is 16.1 Å². The largest absolute Gasteiger partial charge is 0.388 e. The predicted octanol–water partition coefficient (Wildman–Crippen LogP) is 0.544. The van der Waals surface area contributed by atoms with Crippen molar-refractivity contribution < 1.29 is 18.3 Å². The van der Waals surface area contributed by atoms with Crippen LogP contribution in [0.2, 0.25) is 0 Å². The van der Waals surface area contributed by atoms with E-state index >= 15 is 0 Å². The summed E-state index contributed by atoms with van der Waals surface area (Å²) < 4.78 is 26.4. The molecule has 1 amide bonds. The van der Waals surface area contributed by atoms with E-state index in [4.69, 9.17) is 0 Å². The van der Waals surface area contributed by atoms with E-state index in [-0.39, 0.29) is 23.8 Å². The highest BCUT2D eigenvalue weighted by Crippen LogP contribution is 2.19. The molecule has 7 heteroatoms. The Bertz CT molecular complexity index is 557. The summed E-state index contributed by atoms with van der Waals surface area (Å²) in [5, 5.41) is 12.1. The van der Waals surface area contributed by atoms with Crippen molar-refractivity contribution in [1.82, 2.24) is 10.0 Å². The van der Waals surface area contributed by atoms with E-state index in [2.05, 4.69) is 10.0 Å². The van der Waals surface area contributed by atoms with Crippen molar-refractivity contribution >= 4 is 15.9 Å². The van der Waals surface area contributed by atoms with Crippen LogP contribution in [-0.4, -0.2) is 33.0 Å². The van der Waals surface area contributed by atoms with Gasteiger partial charge in [0.05, 0.1) is 11.0 Å². The molecule has 1 aromatic rings. The smallest absolute Gasteiger partial charge is 0.240 e. The van der Waals surface area contributed by atoms with E-state index in [1.54, 1.807) is 12.1 Å². The zero-order valence-electron chi connectivity index (χ0n) is 11.6. The van der Waals surface area contributed by atoms with Crippen LogP contribution in [0.15, 0.2) is 29.2 Å². The van der Waals surface area contributed by atoms with Crippen molar-refractivity contribution in [3.8, 4) is 0 Å². The van der Waals surface area contributed by atoms with Crippen molar-refractivity contribution in [2.75, 3.05) is 13.6 Å². The molecule has 3 N–H and O–H groups in total. The second kappa shape index (κ2) is 7.37. The summed E-state index contributed by atoms with van der Waals surface area (Å²) in [5.74, 6) is -0.233. The van der Waals surface area contributed by atoms with Crippen molar-refractivity contribution in [2.24, 2.45) is 0 Å². The lowest BCUT2D eigenvalue weighted by atomic mass is 10.1. The number of hydrogen-bond donors (Lipinski definition) is 3. The molecular formula is C13H20N2O4S. The van der Waals surface area contributed by atoms with Gasteiger partial charge in [0.1, 0.15) is 0 Å². The molecule has 0 aliphatic rings. The molecule has 0 heterocycles. The standard InChI is InChI=1S/C13H20N2O4S/c1-3-12(16)10-5-4-6-11(9-10)20(18,19)15-8-7-13(17)14-2/h4-6,9,12,15-16H,3,7-8H2,1-2H3,(H,14,17). The maximum atomic E-state index is 12.0. The number of rotatable bonds is 7. The lowest BCUT2D eigenvalue weighted by Gasteiger charge is -2.11. The number of aliphatic hydroxyl groups is 1. The fraction of sp³-hybridized carbons (Fsp3) is 0.462. The lowest BCUT2D eigenvalue weighted by Crippen LogP contribution is -2.29. The summed E-state index contributed by atoms with van der Waals surface area (Å²) in [5.41, 5.74) is 0.557. The Labute approximate surface area is 119 Å². The van der Waals surface area contributed by atoms with Crippen LogP contribution in [0, 0.1) is 0 Å². The van der Waals surface area contributed by atoms with Gasteiger partial charge in [-0.3, -0.25) is 4.79 Å². The number of amides is 1. The Hall–Kier alpha value is -1.44. The second-order valence-corrected chi connectivity index (χ2v) is 6.08. The minimum absolute atomic E-state index is 0.0303. The quantitative estimate of drug-likeness (QED) is 0.685. The highest BCUT2D eigenvalue weighted by Gasteiger charge is 2.16. The van der Waals surface area contributed by atoms with Crippen LogP contribution in [-0.2, 0) is 14.8 Å². The number of hydrogen-bond acceptors (Lipinski definition) is 4. The molecule has 112 valence electrons. The predicted molar refractivity (Wildman–Crippen MR) is 75.6 cm³/mol. The van der Waals surface area contributed by atoms with Crippen LogP contribution in [0.25, 0.3) is 0 Å². The molecule has 0 bridgehead atoms. The molecule has 0 aromatic heterocycles. The average Bonchev–Trinajstić information content (AvgIpc) is 2.46. The Morgan fingerprint density at radius 2 is 2.10 bits per heavy atom. The Balaban J connectivity index is 2.79. The minimum Gasteiger partial charge on any atom is -0.388 e. The maximum absolute atomic E-state index is 12.0. The summed E-state index contributed by atoms with van der Waals surface area (Å²) in [7, 11) is -2.18. The number of sulfonamides is 1. The number of carbonyl (C=O) groups is 1. The second-order valence-electron chi connectivity index (χ2n) is 4.32. The molecule has 6 nitrogen and oxygen atoms in total. The van der Waals surface area contributed by atoms with Gasteiger partial charge in [-0.1, -0.05) is 19.1 Å². The highest BCUT2D eigenvalue weighted by atomic mass is 32.2. The van der Waals surface area contributed by atoms with E-state index in [1.165, 1.54) is 19.2 Å². The first kappa shape index (κ1) is 16.6. The monoisotopic (exact) mass is 300 g/mol. The Kier molecular flexibility index (Phi) is 6.12. The van der Waals surface area contributed by atoms with Gasteiger partial charge < -0.3 is 10.4 Å². The van der Waals surface area contributed by atoms with E-state index in [0.29, 0.717) is 12.0 Å². The SMILES string of the molecule is CCC(O)c1cccc(S(=O)(=O)NCCC(=O)NC)c1. The van der Waals surface area contributed by atoms with Gasteiger partial charge >= 0.3 is 0 Å². The molecule has 0 saturated heterocycles. The topological polar surface area (TPSA) is 95.5 Å². The molecule has 0 radical (unpaired) electrons. The number of nitrogens with one attached hydrogen (secondary N) is 2. The molecule has 0 spiro atoms. The van der Waals surface area contributed by atoms with Gasteiger partial charge in [0.25, 0.3) is 0 Å². The number of aliphatic hydroxyl groups excluding tert-OH is 1. The first-order valence-electron chi connectivity index (χ1n) is 6.39. The van der Waals surface area contributed by atoms with E-state index in [9.17, 15) is 18.3 Å². The van der Waals surface area contributed by atoms with Crippen LogP contribution in [0.4, 0.5) is 0 Å². The fourth-order valence-corrected chi connectivity index (χ4v) is 2.72. The summed E-state index contributed by atoms with van der Waals surface area (Å²) in [6.07, 6.45) is -0.100. The van der Waals surface area contributed by atoms with Crippen molar-refractivity contribution in [2.45, 2.75) is 30.8 Å². The zero-order valence-corrected chi connectivity index (χ0v) is 12.4. The third-order valence-electron chi connectivity index (χ3n) is 2.86. The molecule has 0 saturated carbocycles. The van der Waals surface area contributed by atoms with Crippen LogP contribution < -0.4 is 10.0 Å². The maximum Gasteiger partial charge on any atom is 0.240 e. The van der Waals surface area contributed by atoms with Crippen LogP contribution in [0.1, 0.15) is 31.4 Å². The van der Waals surface area contributed by atoms with Crippen LogP contribution >= 0.6 is 0 Å². The summed E-state index contributed by atoms with van der Waals surface area (Å²) in [6, 6.07) is 6.16. The molecule has 0 fully saturated rings. The fourth-order valence-electron chi connectivity index (χ4n) is 1.63. The first-order chi connectivity index (χ1) is 9.40. The van der Waals surface area contributed by atoms with Gasteiger partial charge in [-0.05, 0) is 24.1 Å². The van der Waals surface area contributed by atoms with Gasteiger partial charge in [0.2, 0.25) is 15.9 Å². The third-order valence-corrected chi connectivity index (χ3v) is 4.32. The van der Waals surface area contributed by atoms with Gasteiger partial charge in [-0.15, -0.1) is 0 Å². The summed E-state index contributed by atoms with van der Waals surface area (Å²) >= 11 is 0. The molecule has 0 aliphatic heterocycles.